The highest BCUT2D eigenvalue weighted by Crippen LogP contribution is 2.48. The van der Waals surface area contributed by atoms with Crippen molar-refractivity contribution in [2.24, 2.45) is 5.92 Å². The zero-order valence-electron chi connectivity index (χ0n) is 17.5. The van der Waals surface area contributed by atoms with Crippen molar-refractivity contribution in [2.75, 3.05) is 6.61 Å². The van der Waals surface area contributed by atoms with Gasteiger partial charge < -0.3 is 14.8 Å². The molecule has 1 aliphatic heterocycles. The minimum absolute atomic E-state index is 0.0328. The molecule has 0 unspecified atom stereocenters. The first-order chi connectivity index (χ1) is 14.0. The summed E-state index contributed by atoms with van der Waals surface area (Å²) >= 11 is 0. The van der Waals surface area contributed by atoms with Gasteiger partial charge in [-0.2, -0.15) is 13.2 Å². The van der Waals surface area contributed by atoms with Crippen LogP contribution in [0.2, 0.25) is 0 Å². The van der Waals surface area contributed by atoms with Crippen LogP contribution in [0.1, 0.15) is 54.9 Å². The molecule has 1 fully saturated rings. The summed E-state index contributed by atoms with van der Waals surface area (Å²) in [7, 11) is 0. The highest BCUT2D eigenvalue weighted by molar-refractivity contribution is 6.24. The molecule has 1 spiro atoms. The van der Waals surface area contributed by atoms with Gasteiger partial charge in [0, 0.05) is 0 Å². The standard InChI is InChI=1S/C22H26F3NO4/c1-5-29-20(28)30-18-17(16-13(3)10-12(2)11-14(16)4)19(27)26-21(18)8-6-15(7-9-21)22(23,24)25/h10-11,15H,5-9H2,1-4H3,(H,26,27). The summed E-state index contributed by atoms with van der Waals surface area (Å²) in [5.74, 6) is -1.81. The van der Waals surface area contributed by atoms with E-state index in [9.17, 15) is 22.8 Å². The fourth-order valence-electron chi connectivity index (χ4n) is 4.65. The number of rotatable bonds is 3. The maximum absolute atomic E-state index is 13.2. The van der Waals surface area contributed by atoms with E-state index in [4.69, 9.17) is 9.47 Å². The molecule has 0 saturated heterocycles. The molecule has 3 rings (SSSR count). The van der Waals surface area contributed by atoms with E-state index in [0.29, 0.717) is 5.56 Å². The molecule has 1 aliphatic carbocycles. The third kappa shape index (κ3) is 4.04. The summed E-state index contributed by atoms with van der Waals surface area (Å²) in [4.78, 5) is 25.2. The molecule has 1 saturated carbocycles. The van der Waals surface area contributed by atoms with Crippen LogP contribution in [0.15, 0.2) is 17.9 Å². The third-order valence-electron chi connectivity index (χ3n) is 5.92. The Kier molecular flexibility index (Phi) is 5.89. The van der Waals surface area contributed by atoms with Crippen molar-refractivity contribution in [3.63, 3.8) is 0 Å². The van der Waals surface area contributed by atoms with E-state index in [2.05, 4.69) is 5.32 Å². The summed E-state index contributed by atoms with van der Waals surface area (Å²) < 4.78 is 49.9. The lowest BCUT2D eigenvalue weighted by molar-refractivity contribution is -0.185. The largest absolute Gasteiger partial charge is 0.513 e. The summed E-state index contributed by atoms with van der Waals surface area (Å²) in [5, 5.41) is 2.84. The average molecular weight is 425 g/mol. The minimum atomic E-state index is -4.29. The zero-order valence-corrected chi connectivity index (χ0v) is 17.5. The fourth-order valence-corrected chi connectivity index (χ4v) is 4.65. The van der Waals surface area contributed by atoms with E-state index in [-0.39, 0.29) is 43.6 Å². The molecule has 5 nitrogen and oxygen atoms in total. The highest BCUT2D eigenvalue weighted by Gasteiger charge is 2.53. The Morgan fingerprint density at radius 1 is 1.17 bits per heavy atom. The fraction of sp³-hybridized carbons (Fsp3) is 0.545. The van der Waals surface area contributed by atoms with Gasteiger partial charge >= 0.3 is 12.3 Å². The topological polar surface area (TPSA) is 64.6 Å². The van der Waals surface area contributed by atoms with E-state index >= 15 is 0 Å². The average Bonchev–Trinajstić information content (AvgIpc) is 2.86. The van der Waals surface area contributed by atoms with Crippen LogP contribution in [0.4, 0.5) is 18.0 Å². The molecule has 30 heavy (non-hydrogen) atoms. The van der Waals surface area contributed by atoms with Gasteiger partial charge in [0.2, 0.25) is 0 Å². The molecular weight excluding hydrogens is 399 g/mol. The van der Waals surface area contributed by atoms with Crippen LogP contribution in [0, 0.1) is 26.7 Å². The van der Waals surface area contributed by atoms with E-state index in [1.807, 2.05) is 32.9 Å². The van der Waals surface area contributed by atoms with Crippen molar-refractivity contribution in [3.8, 4) is 0 Å². The molecule has 0 atom stereocenters. The van der Waals surface area contributed by atoms with Crippen LogP contribution in [0.3, 0.4) is 0 Å². The van der Waals surface area contributed by atoms with Crippen LogP contribution in [0.5, 0.6) is 0 Å². The Bertz CT molecular complexity index is 873. The van der Waals surface area contributed by atoms with Gasteiger partial charge in [-0.1, -0.05) is 17.7 Å². The predicted molar refractivity (Wildman–Crippen MR) is 105 cm³/mol. The molecule has 1 heterocycles. The van der Waals surface area contributed by atoms with E-state index in [1.165, 1.54) is 0 Å². The first kappa shape index (κ1) is 22.2. The highest BCUT2D eigenvalue weighted by atomic mass is 19.4. The number of ether oxygens (including phenoxy) is 2. The van der Waals surface area contributed by atoms with Gasteiger partial charge in [-0.15, -0.1) is 0 Å². The Balaban J connectivity index is 2.10. The van der Waals surface area contributed by atoms with Gasteiger partial charge in [0.1, 0.15) is 5.76 Å². The van der Waals surface area contributed by atoms with Crippen molar-refractivity contribution in [1.29, 1.82) is 0 Å². The number of hydrogen-bond donors (Lipinski definition) is 1. The molecule has 8 heteroatoms. The maximum atomic E-state index is 13.2. The number of alkyl halides is 3. The maximum Gasteiger partial charge on any atom is 0.513 e. The Morgan fingerprint density at radius 2 is 1.73 bits per heavy atom. The van der Waals surface area contributed by atoms with Crippen molar-refractivity contribution in [3.05, 3.63) is 40.1 Å². The first-order valence-electron chi connectivity index (χ1n) is 10.1. The number of carbonyl (C=O) groups excluding carboxylic acids is 2. The van der Waals surface area contributed by atoms with Crippen molar-refractivity contribution in [2.45, 2.75) is 65.1 Å². The van der Waals surface area contributed by atoms with Gasteiger partial charge in [-0.3, -0.25) is 4.79 Å². The van der Waals surface area contributed by atoms with Crippen LogP contribution >= 0.6 is 0 Å². The SMILES string of the molecule is CCOC(=O)OC1=C(c2c(C)cc(C)cc2C)C(=O)NC12CCC(C(F)(F)F)CC2. The molecule has 0 bridgehead atoms. The lowest BCUT2D eigenvalue weighted by Crippen LogP contribution is -2.49. The van der Waals surface area contributed by atoms with Crippen LogP contribution < -0.4 is 5.32 Å². The summed E-state index contributed by atoms with van der Waals surface area (Å²) in [6.45, 7) is 7.33. The normalized spacial score (nSPS) is 24.2. The quantitative estimate of drug-likeness (QED) is 0.683. The first-order valence-corrected chi connectivity index (χ1v) is 10.1. The second-order valence-electron chi connectivity index (χ2n) is 8.12. The van der Waals surface area contributed by atoms with Gasteiger partial charge in [0.15, 0.2) is 0 Å². The molecule has 1 aromatic carbocycles. The summed E-state index contributed by atoms with van der Waals surface area (Å²) in [6, 6.07) is 3.83. The zero-order chi connectivity index (χ0) is 22.3. The van der Waals surface area contributed by atoms with E-state index in [1.54, 1.807) is 6.92 Å². The van der Waals surface area contributed by atoms with Crippen molar-refractivity contribution < 1.29 is 32.2 Å². The van der Waals surface area contributed by atoms with Crippen LogP contribution in [-0.4, -0.2) is 30.4 Å². The summed E-state index contributed by atoms with van der Waals surface area (Å²) in [5.41, 5.74) is 2.34. The number of aryl methyl sites for hydroxylation is 3. The van der Waals surface area contributed by atoms with Crippen LogP contribution in [-0.2, 0) is 14.3 Å². The number of amides is 1. The van der Waals surface area contributed by atoms with Gasteiger partial charge in [0.05, 0.1) is 23.6 Å². The molecular formula is C22H26F3NO4. The molecule has 0 aromatic heterocycles. The van der Waals surface area contributed by atoms with Crippen LogP contribution in [0.25, 0.3) is 5.57 Å². The molecule has 1 amide bonds. The predicted octanol–water partition coefficient (Wildman–Crippen LogP) is 5.12. The lowest BCUT2D eigenvalue weighted by Gasteiger charge is -2.38. The second-order valence-corrected chi connectivity index (χ2v) is 8.12. The Morgan fingerprint density at radius 3 is 2.23 bits per heavy atom. The van der Waals surface area contributed by atoms with Crippen molar-refractivity contribution in [1.82, 2.24) is 5.32 Å². The molecule has 1 N–H and O–H groups in total. The number of carbonyl (C=O) groups is 2. The van der Waals surface area contributed by atoms with E-state index < -0.39 is 29.7 Å². The van der Waals surface area contributed by atoms with E-state index in [0.717, 1.165) is 16.7 Å². The number of benzene rings is 1. The summed E-state index contributed by atoms with van der Waals surface area (Å²) in [6.07, 6.45) is -5.50. The van der Waals surface area contributed by atoms with Gasteiger partial charge in [0.25, 0.3) is 5.91 Å². The Hall–Kier alpha value is -2.51. The van der Waals surface area contributed by atoms with Crippen molar-refractivity contribution >= 4 is 17.6 Å². The second kappa shape index (κ2) is 7.96. The monoisotopic (exact) mass is 425 g/mol. The number of nitrogens with one attached hydrogen (secondary N) is 1. The molecule has 0 radical (unpaired) electrons. The van der Waals surface area contributed by atoms with Gasteiger partial charge in [-0.25, -0.2) is 4.79 Å². The molecule has 1 aromatic rings. The smallest absolute Gasteiger partial charge is 0.434 e. The molecule has 164 valence electrons. The minimum Gasteiger partial charge on any atom is -0.434 e. The number of hydrogen-bond acceptors (Lipinski definition) is 4. The van der Waals surface area contributed by atoms with Gasteiger partial charge in [-0.05, 0) is 70.1 Å². The molecule has 2 aliphatic rings. The third-order valence-corrected chi connectivity index (χ3v) is 5.92. The Labute approximate surface area is 173 Å². The number of halogens is 3. The lowest BCUT2D eigenvalue weighted by atomic mass is 9.75.